The summed E-state index contributed by atoms with van der Waals surface area (Å²) in [7, 11) is -3.27. The molecular formula is C21H18ClNO4S. The molecule has 1 amide bonds. The fraction of sp³-hybridized carbons (Fsp3) is 0.0952. The van der Waals surface area contributed by atoms with Crippen molar-refractivity contribution in [2.24, 2.45) is 0 Å². The Hall–Kier alpha value is -2.83. The summed E-state index contributed by atoms with van der Waals surface area (Å²) in [5, 5.41) is 3.05. The zero-order valence-electron chi connectivity index (χ0n) is 15.1. The quantitative estimate of drug-likeness (QED) is 0.646. The molecule has 28 heavy (non-hydrogen) atoms. The number of ether oxygens (including phenoxy) is 1. The van der Waals surface area contributed by atoms with E-state index in [4.69, 9.17) is 16.3 Å². The Morgan fingerprint density at radius 3 is 2.25 bits per heavy atom. The Kier molecular flexibility index (Phi) is 6.02. The Balaban J connectivity index is 1.60. The molecular weight excluding hydrogens is 398 g/mol. The van der Waals surface area contributed by atoms with E-state index in [1.54, 1.807) is 12.1 Å². The third-order valence-electron chi connectivity index (χ3n) is 3.96. The average molecular weight is 416 g/mol. The van der Waals surface area contributed by atoms with Crippen LogP contribution >= 0.6 is 11.6 Å². The number of sulfone groups is 1. The van der Waals surface area contributed by atoms with Crippen molar-refractivity contribution in [3.05, 3.63) is 77.8 Å². The van der Waals surface area contributed by atoms with E-state index >= 15 is 0 Å². The molecule has 3 aromatic rings. The Morgan fingerprint density at radius 2 is 1.64 bits per heavy atom. The zero-order valence-corrected chi connectivity index (χ0v) is 16.6. The van der Waals surface area contributed by atoms with E-state index in [1.165, 1.54) is 24.3 Å². The third kappa shape index (κ3) is 5.12. The minimum Gasteiger partial charge on any atom is -0.482 e. The van der Waals surface area contributed by atoms with E-state index in [9.17, 15) is 13.2 Å². The fourth-order valence-corrected chi connectivity index (χ4v) is 3.42. The molecule has 7 heteroatoms. The number of amides is 1. The van der Waals surface area contributed by atoms with Crippen LogP contribution in [-0.2, 0) is 14.6 Å². The maximum atomic E-state index is 12.1. The molecule has 144 valence electrons. The number of nitrogens with one attached hydrogen (secondary N) is 1. The van der Waals surface area contributed by atoms with Crippen LogP contribution in [0.4, 0.5) is 5.69 Å². The van der Waals surface area contributed by atoms with Crippen LogP contribution in [0.2, 0.25) is 5.02 Å². The van der Waals surface area contributed by atoms with Crippen molar-refractivity contribution in [2.75, 3.05) is 18.2 Å². The first-order valence-corrected chi connectivity index (χ1v) is 10.7. The second-order valence-corrected chi connectivity index (χ2v) is 8.57. The van der Waals surface area contributed by atoms with Crippen LogP contribution in [0, 0.1) is 0 Å². The van der Waals surface area contributed by atoms with Crippen molar-refractivity contribution in [2.45, 2.75) is 4.90 Å². The largest absolute Gasteiger partial charge is 0.482 e. The molecule has 5 nitrogen and oxygen atoms in total. The van der Waals surface area contributed by atoms with Gasteiger partial charge < -0.3 is 10.1 Å². The molecule has 0 aromatic heterocycles. The number of benzene rings is 3. The lowest BCUT2D eigenvalue weighted by Crippen LogP contribution is -2.20. The van der Waals surface area contributed by atoms with Gasteiger partial charge in [-0.2, -0.15) is 0 Å². The highest BCUT2D eigenvalue weighted by molar-refractivity contribution is 7.90. The SMILES string of the molecule is CS(=O)(=O)c1ccc(NC(=O)COc2ccc(-c3ccccc3)cc2Cl)cc1. The molecule has 0 fully saturated rings. The number of hydrogen-bond donors (Lipinski definition) is 1. The van der Waals surface area contributed by atoms with Crippen LogP contribution in [0.25, 0.3) is 11.1 Å². The average Bonchev–Trinajstić information content (AvgIpc) is 2.67. The van der Waals surface area contributed by atoms with E-state index in [1.807, 2.05) is 36.4 Å². The van der Waals surface area contributed by atoms with Gasteiger partial charge >= 0.3 is 0 Å². The first kappa shape index (κ1) is 19.9. The van der Waals surface area contributed by atoms with Gasteiger partial charge in [-0.05, 0) is 47.5 Å². The fourth-order valence-electron chi connectivity index (χ4n) is 2.55. The molecule has 0 spiro atoms. The molecule has 0 radical (unpaired) electrons. The predicted octanol–water partition coefficient (Wildman–Crippen LogP) is 4.43. The number of rotatable bonds is 6. The minimum absolute atomic E-state index is 0.187. The van der Waals surface area contributed by atoms with Gasteiger partial charge in [-0.25, -0.2) is 8.42 Å². The zero-order chi connectivity index (χ0) is 20.1. The first-order valence-electron chi connectivity index (χ1n) is 8.41. The van der Waals surface area contributed by atoms with Gasteiger partial charge in [0.1, 0.15) is 5.75 Å². The lowest BCUT2D eigenvalue weighted by atomic mass is 10.1. The van der Waals surface area contributed by atoms with Crippen LogP contribution in [0.1, 0.15) is 0 Å². The molecule has 0 aliphatic carbocycles. The van der Waals surface area contributed by atoms with Crippen molar-refractivity contribution in [3.8, 4) is 16.9 Å². The second kappa shape index (κ2) is 8.46. The highest BCUT2D eigenvalue weighted by Gasteiger charge is 2.10. The van der Waals surface area contributed by atoms with Gasteiger partial charge in [-0.1, -0.05) is 48.0 Å². The number of carbonyl (C=O) groups is 1. The van der Waals surface area contributed by atoms with E-state index in [0.717, 1.165) is 17.4 Å². The predicted molar refractivity (Wildman–Crippen MR) is 111 cm³/mol. The molecule has 3 rings (SSSR count). The van der Waals surface area contributed by atoms with Gasteiger partial charge in [-0.3, -0.25) is 4.79 Å². The van der Waals surface area contributed by atoms with Gasteiger partial charge in [0, 0.05) is 11.9 Å². The molecule has 0 atom stereocenters. The summed E-state index contributed by atoms with van der Waals surface area (Å²) in [6, 6.07) is 21.1. The van der Waals surface area contributed by atoms with Crippen molar-refractivity contribution in [1.29, 1.82) is 0 Å². The van der Waals surface area contributed by atoms with E-state index in [-0.39, 0.29) is 17.4 Å². The smallest absolute Gasteiger partial charge is 0.262 e. The summed E-state index contributed by atoms with van der Waals surface area (Å²) in [6.07, 6.45) is 1.13. The summed E-state index contributed by atoms with van der Waals surface area (Å²) in [4.78, 5) is 12.3. The van der Waals surface area contributed by atoms with Crippen molar-refractivity contribution >= 4 is 33.0 Å². The lowest BCUT2D eigenvalue weighted by Gasteiger charge is -2.10. The summed E-state index contributed by atoms with van der Waals surface area (Å²) in [6.45, 7) is -0.224. The van der Waals surface area contributed by atoms with Gasteiger partial charge in [-0.15, -0.1) is 0 Å². The number of anilines is 1. The van der Waals surface area contributed by atoms with E-state index in [2.05, 4.69) is 5.32 Å². The topological polar surface area (TPSA) is 72.5 Å². The molecule has 0 saturated heterocycles. The molecule has 0 heterocycles. The second-order valence-electron chi connectivity index (χ2n) is 6.14. The maximum Gasteiger partial charge on any atom is 0.262 e. The molecule has 3 aromatic carbocycles. The summed E-state index contributed by atoms with van der Waals surface area (Å²) >= 11 is 6.27. The van der Waals surface area contributed by atoms with Gasteiger partial charge in [0.2, 0.25) is 0 Å². The van der Waals surface area contributed by atoms with Crippen molar-refractivity contribution < 1.29 is 17.9 Å². The highest BCUT2D eigenvalue weighted by Crippen LogP contribution is 2.30. The van der Waals surface area contributed by atoms with E-state index in [0.29, 0.717) is 16.5 Å². The number of hydrogen-bond acceptors (Lipinski definition) is 4. The van der Waals surface area contributed by atoms with Crippen LogP contribution in [0.15, 0.2) is 77.7 Å². The molecule has 0 saturated carbocycles. The van der Waals surface area contributed by atoms with Crippen LogP contribution in [0.3, 0.4) is 0 Å². The maximum absolute atomic E-state index is 12.1. The summed E-state index contributed by atoms with van der Waals surface area (Å²) < 4.78 is 28.4. The number of halogens is 1. The molecule has 0 unspecified atom stereocenters. The first-order chi connectivity index (χ1) is 13.3. The van der Waals surface area contributed by atoms with Gasteiger partial charge in [0.15, 0.2) is 16.4 Å². The number of carbonyl (C=O) groups excluding carboxylic acids is 1. The summed E-state index contributed by atoms with van der Waals surface area (Å²) in [5.74, 6) is 0.0271. The molecule has 0 aliphatic rings. The minimum atomic E-state index is -3.27. The van der Waals surface area contributed by atoms with Crippen LogP contribution in [0.5, 0.6) is 5.75 Å². The van der Waals surface area contributed by atoms with Gasteiger partial charge in [0.05, 0.1) is 9.92 Å². The monoisotopic (exact) mass is 415 g/mol. The van der Waals surface area contributed by atoms with Crippen molar-refractivity contribution in [1.82, 2.24) is 0 Å². The molecule has 1 N–H and O–H groups in total. The Labute approximate surface area is 168 Å². The molecule has 0 aliphatic heterocycles. The standard InChI is InChI=1S/C21H18ClNO4S/c1-28(25,26)18-10-8-17(9-11-18)23-21(24)14-27-20-12-7-16(13-19(20)22)15-5-3-2-4-6-15/h2-13H,14H2,1H3,(H,23,24). The van der Waals surface area contributed by atoms with Gasteiger partial charge in [0.25, 0.3) is 5.91 Å². The molecule has 0 bridgehead atoms. The van der Waals surface area contributed by atoms with E-state index < -0.39 is 9.84 Å². The normalized spacial score (nSPS) is 11.1. The van der Waals surface area contributed by atoms with Crippen LogP contribution in [-0.4, -0.2) is 27.2 Å². The summed E-state index contributed by atoms with van der Waals surface area (Å²) in [5.41, 5.74) is 2.46. The third-order valence-corrected chi connectivity index (χ3v) is 5.39. The Bertz CT molecular complexity index is 1080. The highest BCUT2D eigenvalue weighted by atomic mass is 35.5. The lowest BCUT2D eigenvalue weighted by molar-refractivity contribution is -0.118. The van der Waals surface area contributed by atoms with Crippen molar-refractivity contribution in [3.63, 3.8) is 0 Å². The van der Waals surface area contributed by atoms with Crippen LogP contribution < -0.4 is 10.1 Å². The Morgan fingerprint density at radius 1 is 0.964 bits per heavy atom.